The molecule has 39 heavy (non-hydrogen) atoms. The van der Waals surface area contributed by atoms with Crippen LogP contribution in [0, 0.1) is 0 Å². The topological polar surface area (TPSA) is 105 Å². The van der Waals surface area contributed by atoms with Crippen LogP contribution in [0.4, 0.5) is 5.69 Å². The molecule has 1 N–H and O–H groups in total. The molecule has 0 radical (unpaired) electrons. The second-order valence-corrected chi connectivity index (χ2v) is 11.7. The van der Waals surface area contributed by atoms with Gasteiger partial charge in [-0.05, 0) is 61.0 Å². The van der Waals surface area contributed by atoms with Crippen LogP contribution >= 0.6 is 27.5 Å². The molecule has 2 amide bonds. The van der Waals surface area contributed by atoms with Gasteiger partial charge in [0.1, 0.15) is 12.6 Å². The Labute approximate surface area is 241 Å². The summed E-state index contributed by atoms with van der Waals surface area (Å²) in [6.45, 7) is 1.10. The Hall–Kier alpha value is -3.28. The molecule has 0 fully saturated rings. The molecular weight excluding hydrogens is 610 g/mol. The van der Waals surface area contributed by atoms with Crippen molar-refractivity contribution >= 4 is 55.1 Å². The first kappa shape index (κ1) is 30.3. The molecule has 208 valence electrons. The van der Waals surface area contributed by atoms with Gasteiger partial charge in [-0.1, -0.05) is 39.7 Å². The molecule has 12 heteroatoms. The van der Waals surface area contributed by atoms with Gasteiger partial charge in [-0.2, -0.15) is 0 Å². The summed E-state index contributed by atoms with van der Waals surface area (Å²) in [5.41, 5.74) is 0.988. The van der Waals surface area contributed by atoms with Crippen molar-refractivity contribution in [3.63, 3.8) is 0 Å². The Morgan fingerprint density at radius 1 is 0.974 bits per heavy atom. The number of nitrogens with one attached hydrogen (secondary N) is 1. The number of halogens is 2. The third-order valence-electron chi connectivity index (χ3n) is 6.02. The van der Waals surface area contributed by atoms with Crippen LogP contribution in [-0.2, 0) is 26.2 Å². The number of carbonyl (C=O) groups excluding carboxylic acids is 2. The van der Waals surface area contributed by atoms with E-state index in [0.717, 1.165) is 14.3 Å². The summed E-state index contributed by atoms with van der Waals surface area (Å²) < 4.78 is 40.2. The van der Waals surface area contributed by atoms with E-state index in [9.17, 15) is 18.0 Å². The Balaban J connectivity index is 2.06. The number of rotatable bonds is 11. The zero-order valence-corrected chi connectivity index (χ0v) is 25.0. The number of ether oxygens (including phenoxy) is 2. The molecule has 3 aromatic rings. The summed E-state index contributed by atoms with van der Waals surface area (Å²) >= 11 is 9.44. The van der Waals surface area contributed by atoms with Crippen LogP contribution in [0.2, 0.25) is 5.02 Å². The fraction of sp³-hybridized carbons (Fsp3) is 0.259. The van der Waals surface area contributed by atoms with Crippen LogP contribution in [0.5, 0.6) is 11.5 Å². The van der Waals surface area contributed by atoms with Crippen LogP contribution in [0.1, 0.15) is 12.5 Å². The Morgan fingerprint density at radius 3 is 2.15 bits per heavy atom. The summed E-state index contributed by atoms with van der Waals surface area (Å²) in [7, 11) is 0.0327. The van der Waals surface area contributed by atoms with Gasteiger partial charge in [-0.15, -0.1) is 0 Å². The molecule has 0 unspecified atom stereocenters. The van der Waals surface area contributed by atoms with Crippen molar-refractivity contribution in [2.75, 3.05) is 32.1 Å². The van der Waals surface area contributed by atoms with Gasteiger partial charge in [0, 0.05) is 29.2 Å². The molecule has 9 nitrogen and oxygen atoms in total. The summed E-state index contributed by atoms with van der Waals surface area (Å²) in [5.74, 6) is -0.397. The van der Waals surface area contributed by atoms with Gasteiger partial charge in [0.25, 0.3) is 10.0 Å². The number of benzene rings is 3. The minimum absolute atomic E-state index is 0.0889. The van der Waals surface area contributed by atoms with E-state index in [1.165, 1.54) is 68.6 Å². The number of methoxy groups -OCH3 is 2. The van der Waals surface area contributed by atoms with Gasteiger partial charge in [-0.25, -0.2) is 8.42 Å². The summed E-state index contributed by atoms with van der Waals surface area (Å²) in [6, 6.07) is 16.7. The van der Waals surface area contributed by atoms with Gasteiger partial charge >= 0.3 is 0 Å². The smallest absolute Gasteiger partial charge is 0.264 e. The fourth-order valence-corrected chi connectivity index (χ4v) is 5.64. The maximum atomic E-state index is 13.9. The number of hydrogen-bond acceptors (Lipinski definition) is 6. The van der Waals surface area contributed by atoms with Gasteiger partial charge in [0.2, 0.25) is 11.8 Å². The lowest BCUT2D eigenvalue weighted by Gasteiger charge is -2.31. The monoisotopic (exact) mass is 637 g/mol. The highest BCUT2D eigenvalue weighted by molar-refractivity contribution is 9.10. The molecule has 0 aliphatic heterocycles. The van der Waals surface area contributed by atoms with Crippen LogP contribution < -0.4 is 19.1 Å². The van der Waals surface area contributed by atoms with Crippen molar-refractivity contribution in [1.29, 1.82) is 0 Å². The predicted molar refractivity (Wildman–Crippen MR) is 154 cm³/mol. The average molecular weight is 639 g/mol. The standard InChI is InChI=1S/C27H29BrClN3O6S/c1-18(27(34)30-2)31(16-19-5-7-20(28)8-6-19)26(33)17-32(22-11-9-21(29)10-12-22)39(35,36)23-13-14-24(37-3)25(15-23)38-4/h5-15,18H,16-17H2,1-4H3,(H,30,34)/t18-/m1/s1. The summed E-state index contributed by atoms with van der Waals surface area (Å²) in [5, 5.41) is 2.95. The number of carbonyl (C=O) groups is 2. The van der Waals surface area contributed by atoms with Crippen molar-refractivity contribution in [3.8, 4) is 11.5 Å². The third kappa shape index (κ3) is 7.23. The first-order chi connectivity index (χ1) is 18.5. The van der Waals surface area contributed by atoms with E-state index in [1.807, 2.05) is 24.3 Å². The highest BCUT2D eigenvalue weighted by Crippen LogP contribution is 2.32. The van der Waals surface area contributed by atoms with Crippen molar-refractivity contribution < 1.29 is 27.5 Å². The van der Waals surface area contributed by atoms with Gasteiger partial charge in [-0.3, -0.25) is 13.9 Å². The predicted octanol–water partition coefficient (Wildman–Crippen LogP) is 4.48. The zero-order chi connectivity index (χ0) is 28.7. The highest BCUT2D eigenvalue weighted by Gasteiger charge is 2.32. The lowest BCUT2D eigenvalue weighted by atomic mass is 10.1. The molecule has 3 aromatic carbocycles. The highest BCUT2D eigenvalue weighted by atomic mass is 79.9. The minimum atomic E-state index is -4.28. The maximum Gasteiger partial charge on any atom is 0.264 e. The third-order valence-corrected chi connectivity index (χ3v) is 8.57. The van der Waals surface area contributed by atoms with E-state index in [-0.39, 0.29) is 28.8 Å². The maximum absolute atomic E-state index is 13.9. The molecule has 0 aromatic heterocycles. The molecule has 3 rings (SSSR count). The Morgan fingerprint density at radius 2 is 1.59 bits per heavy atom. The number of amides is 2. The molecule has 0 saturated carbocycles. The number of hydrogen-bond donors (Lipinski definition) is 1. The quantitative estimate of drug-likeness (QED) is 0.332. The van der Waals surface area contributed by atoms with E-state index in [0.29, 0.717) is 10.8 Å². The SMILES string of the molecule is CNC(=O)[C@@H](C)N(Cc1ccc(Br)cc1)C(=O)CN(c1ccc(Cl)cc1)S(=O)(=O)c1ccc(OC)c(OC)c1. The van der Waals surface area contributed by atoms with Gasteiger partial charge in [0.15, 0.2) is 11.5 Å². The lowest BCUT2D eigenvalue weighted by Crippen LogP contribution is -2.50. The van der Waals surface area contributed by atoms with Crippen molar-refractivity contribution in [2.45, 2.75) is 24.4 Å². The second-order valence-electron chi connectivity index (χ2n) is 8.44. The van der Waals surface area contributed by atoms with Crippen molar-refractivity contribution in [2.24, 2.45) is 0 Å². The second kappa shape index (κ2) is 13.2. The van der Waals surface area contributed by atoms with E-state index < -0.39 is 28.5 Å². The number of nitrogens with zero attached hydrogens (tertiary/aromatic N) is 2. The van der Waals surface area contributed by atoms with Gasteiger partial charge in [0.05, 0.1) is 24.8 Å². The van der Waals surface area contributed by atoms with E-state index in [2.05, 4.69) is 21.2 Å². The van der Waals surface area contributed by atoms with Crippen molar-refractivity contribution in [1.82, 2.24) is 10.2 Å². The molecule has 0 aliphatic rings. The molecular formula is C27H29BrClN3O6S. The largest absolute Gasteiger partial charge is 0.493 e. The van der Waals surface area contributed by atoms with Crippen LogP contribution in [0.25, 0.3) is 0 Å². The fourth-order valence-electron chi connectivity index (χ4n) is 3.82. The summed E-state index contributed by atoms with van der Waals surface area (Å²) in [6.07, 6.45) is 0. The van der Waals surface area contributed by atoms with E-state index in [1.54, 1.807) is 6.92 Å². The molecule has 0 bridgehead atoms. The van der Waals surface area contributed by atoms with Crippen LogP contribution in [0.15, 0.2) is 76.1 Å². The Bertz CT molecular complexity index is 1420. The molecule has 1 atom stereocenters. The number of sulfonamides is 1. The minimum Gasteiger partial charge on any atom is -0.493 e. The molecule has 0 heterocycles. The van der Waals surface area contributed by atoms with E-state index >= 15 is 0 Å². The first-order valence-electron chi connectivity index (χ1n) is 11.8. The van der Waals surface area contributed by atoms with Gasteiger partial charge < -0.3 is 19.7 Å². The first-order valence-corrected chi connectivity index (χ1v) is 14.4. The molecule has 0 spiro atoms. The van der Waals surface area contributed by atoms with Crippen LogP contribution in [-0.4, -0.2) is 59.0 Å². The lowest BCUT2D eigenvalue weighted by molar-refractivity contribution is -0.139. The zero-order valence-electron chi connectivity index (χ0n) is 21.9. The Kier molecular flexibility index (Phi) is 10.2. The molecule has 0 saturated heterocycles. The van der Waals surface area contributed by atoms with Crippen LogP contribution in [0.3, 0.4) is 0 Å². The number of anilines is 1. The summed E-state index contributed by atoms with van der Waals surface area (Å²) in [4.78, 5) is 27.6. The average Bonchev–Trinajstić information content (AvgIpc) is 2.94. The molecule has 0 aliphatic carbocycles. The number of likely N-dealkylation sites (N-methyl/N-ethyl adjacent to an activating group) is 1. The van der Waals surface area contributed by atoms with E-state index in [4.69, 9.17) is 21.1 Å². The normalized spacial score (nSPS) is 11.8. The van der Waals surface area contributed by atoms with Crippen molar-refractivity contribution in [3.05, 3.63) is 81.8 Å².